The van der Waals surface area contributed by atoms with Crippen LogP contribution < -0.4 is 5.32 Å². The molecule has 116 valence electrons. The molecule has 2 N–H and O–H groups in total. The van der Waals surface area contributed by atoms with Gasteiger partial charge in [-0.2, -0.15) is 0 Å². The molecule has 1 amide bonds. The standard InChI is InChI=1S/C14H17BrN2O3.ClH/c15-11-3-1-2-4-12(11)16-13(18)6-8-17-7-5-10(9-17)14(19)20;/h1-4,10H,5-9H2,(H,16,18)(H,19,20);1H. The van der Waals surface area contributed by atoms with Crippen LogP contribution in [-0.2, 0) is 9.59 Å². The van der Waals surface area contributed by atoms with Gasteiger partial charge in [-0.1, -0.05) is 12.1 Å². The molecule has 0 aromatic heterocycles. The van der Waals surface area contributed by atoms with E-state index in [0.717, 1.165) is 16.7 Å². The number of aliphatic carboxylic acids is 1. The molecule has 1 fully saturated rings. The molecule has 1 aromatic rings. The summed E-state index contributed by atoms with van der Waals surface area (Å²) in [6.07, 6.45) is 1.04. The minimum atomic E-state index is -0.745. The van der Waals surface area contributed by atoms with E-state index in [1.54, 1.807) is 0 Å². The van der Waals surface area contributed by atoms with Gasteiger partial charge in [0, 0.05) is 24.0 Å². The minimum absolute atomic E-state index is 0. The van der Waals surface area contributed by atoms with Gasteiger partial charge in [0.05, 0.1) is 11.6 Å². The number of para-hydroxylation sites is 1. The lowest BCUT2D eigenvalue weighted by Gasteiger charge is -2.15. The fraction of sp³-hybridized carbons (Fsp3) is 0.429. The zero-order chi connectivity index (χ0) is 14.5. The molecule has 0 saturated carbocycles. The Morgan fingerprint density at radius 3 is 2.71 bits per heavy atom. The van der Waals surface area contributed by atoms with Crippen molar-refractivity contribution in [3.63, 3.8) is 0 Å². The third kappa shape index (κ3) is 5.30. The van der Waals surface area contributed by atoms with Crippen molar-refractivity contribution < 1.29 is 14.7 Å². The Kier molecular flexibility index (Phi) is 7.14. The first-order valence-corrected chi connectivity index (χ1v) is 7.35. The largest absolute Gasteiger partial charge is 0.481 e. The summed E-state index contributed by atoms with van der Waals surface area (Å²) in [5.74, 6) is -1.10. The van der Waals surface area contributed by atoms with Crippen LogP contribution in [0.5, 0.6) is 0 Å². The Labute approximate surface area is 138 Å². The highest BCUT2D eigenvalue weighted by atomic mass is 79.9. The molecule has 0 bridgehead atoms. The van der Waals surface area contributed by atoms with Gasteiger partial charge in [0.25, 0.3) is 0 Å². The Morgan fingerprint density at radius 1 is 1.38 bits per heavy atom. The number of hydrogen-bond donors (Lipinski definition) is 2. The van der Waals surface area contributed by atoms with E-state index in [1.165, 1.54) is 0 Å². The number of amides is 1. The van der Waals surface area contributed by atoms with Gasteiger partial charge in [-0.3, -0.25) is 9.59 Å². The summed E-state index contributed by atoms with van der Waals surface area (Å²) in [6.45, 7) is 1.89. The smallest absolute Gasteiger partial charge is 0.307 e. The predicted molar refractivity (Wildman–Crippen MR) is 86.8 cm³/mol. The normalized spacial score (nSPS) is 18.0. The summed E-state index contributed by atoms with van der Waals surface area (Å²) >= 11 is 3.38. The highest BCUT2D eigenvalue weighted by Gasteiger charge is 2.27. The number of carboxylic acid groups (broad SMARTS) is 1. The van der Waals surface area contributed by atoms with E-state index in [4.69, 9.17) is 5.11 Å². The summed E-state index contributed by atoms with van der Waals surface area (Å²) in [7, 11) is 0. The van der Waals surface area contributed by atoms with Gasteiger partial charge < -0.3 is 15.3 Å². The number of carbonyl (C=O) groups excluding carboxylic acids is 1. The van der Waals surface area contributed by atoms with Crippen LogP contribution in [0, 0.1) is 5.92 Å². The molecule has 1 atom stereocenters. The van der Waals surface area contributed by atoms with Crippen LogP contribution in [0.25, 0.3) is 0 Å². The third-order valence-electron chi connectivity index (χ3n) is 3.42. The van der Waals surface area contributed by atoms with E-state index in [-0.39, 0.29) is 24.2 Å². The van der Waals surface area contributed by atoms with Gasteiger partial charge in [-0.15, -0.1) is 12.4 Å². The number of anilines is 1. The van der Waals surface area contributed by atoms with Gasteiger partial charge >= 0.3 is 5.97 Å². The number of rotatable bonds is 5. The second-order valence-corrected chi connectivity index (χ2v) is 5.76. The van der Waals surface area contributed by atoms with E-state index in [2.05, 4.69) is 21.2 Å². The van der Waals surface area contributed by atoms with Gasteiger partial charge in [0.1, 0.15) is 0 Å². The lowest BCUT2D eigenvalue weighted by molar-refractivity contribution is -0.141. The highest BCUT2D eigenvalue weighted by molar-refractivity contribution is 9.10. The highest BCUT2D eigenvalue weighted by Crippen LogP contribution is 2.21. The van der Waals surface area contributed by atoms with Crippen LogP contribution in [0.4, 0.5) is 5.69 Å². The number of nitrogens with one attached hydrogen (secondary N) is 1. The van der Waals surface area contributed by atoms with Crippen molar-refractivity contribution in [1.82, 2.24) is 4.90 Å². The molecule has 0 radical (unpaired) electrons. The average Bonchev–Trinajstić information content (AvgIpc) is 2.88. The van der Waals surface area contributed by atoms with Gasteiger partial charge in [0.2, 0.25) is 5.91 Å². The molecular formula is C14H18BrClN2O3. The Morgan fingerprint density at radius 2 is 2.10 bits per heavy atom. The molecule has 1 aliphatic heterocycles. The van der Waals surface area contributed by atoms with Crippen molar-refractivity contribution in [2.24, 2.45) is 5.92 Å². The molecule has 1 saturated heterocycles. The Balaban J connectivity index is 0.00000220. The fourth-order valence-corrected chi connectivity index (χ4v) is 2.66. The van der Waals surface area contributed by atoms with Gasteiger partial charge in [-0.25, -0.2) is 0 Å². The predicted octanol–water partition coefficient (Wildman–Crippen LogP) is 2.61. The monoisotopic (exact) mass is 376 g/mol. The van der Waals surface area contributed by atoms with Gasteiger partial charge in [0.15, 0.2) is 0 Å². The number of hydrogen-bond acceptors (Lipinski definition) is 3. The van der Waals surface area contributed by atoms with Crippen molar-refractivity contribution in [2.75, 3.05) is 25.0 Å². The number of carbonyl (C=O) groups is 2. The number of carboxylic acids is 1. The number of benzene rings is 1. The van der Waals surface area contributed by atoms with Crippen LogP contribution in [-0.4, -0.2) is 41.5 Å². The van der Waals surface area contributed by atoms with Crippen molar-refractivity contribution in [1.29, 1.82) is 0 Å². The topological polar surface area (TPSA) is 69.6 Å². The summed E-state index contributed by atoms with van der Waals surface area (Å²) in [5.41, 5.74) is 0.752. The first-order valence-electron chi connectivity index (χ1n) is 6.56. The Hall–Kier alpha value is -1.11. The van der Waals surface area contributed by atoms with E-state index < -0.39 is 5.97 Å². The second kappa shape index (κ2) is 8.36. The maximum absolute atomic E-state index is 11.9. The quantitative estimate of drug-likeness (QED) is 0.827. The first kappa shape index (κ1) is 17.9. The van der Waals surface area contributed by atoms with Crippen LogP contribution in [0.2, 0.25) is 0 Å². The fourth-order valence-electron chi connectivity index (χ4n) is 2.27. The molecule has 5 nitrogen and oxygen atoms in total. The van der Waals surface area contributed by atoms with Crippen LogP contribution in [0.3, 0.4) is 0 Å². The maximum Gasteiger partial charge on any atom is 0.307 e. The second-order valence-electron chi connectivity index (χ2n) is 4.90. The third-order valence-corrected chi connectivity index (χ3v) is 4.12. The van der Waals surface area contributed by atoms with Crippen LogP contribution >= 0.6 is 28.3 Å². The molecular weight excluding hydrogens is 360 g/mol. The zero-order valence-corrected chi connectivity index (χ0v) is 13.8. The molecule has 1 heterocycles. The molecule has 1 unspecified atom stereocenters. The van der Waals surface area contributed by atoms with Crippen LogP contribution in [0.15, 0.2) is 28.7 Å². The van der Waals surface area contributed by atoms with E-state index in [1.807, 2.05) is 29.2 Å². The Bertz CT molecular complexity index is 513. The van der Waals surface area contributed by atoms with Crippen LogP contribution in [0.1, 0.15) is 12.8 Å². The van der Waals surface area contributed by atoms with Crippen molar-refractivity contribution in [3.05, 3.63) is 28.7 Å². The molecule has 0 spiro atoms. The average molecular weight is 378 g/mol. The van der Waals surface area contributed by atoms with Crippen molar-refractivity contribution in [3.8, 4) is 0 Å². The lowest BCUT2D eigenvalue weighted by Crippen LogP contribution is -2.27. The van der Waals surface area contributed by atoms with Crippen molar-refractivity contribution >= 4 is 45.9 Å². The molecule has 2 rings (SSSR count). The number of halogens is 2. The first-order chi connectivity index (χ1) is 9.56. The number of nitrogens with zero attached hydrogens (tertiary/aromatic N) is 1. The molecule has 1 aliphatic rings. The molecule has 21 heavy (non-hydrogen) atoms. The summed E-state index contributed by atoms with van der Waals surface area (Å²) in [6, 6.07) is 7.44. The minimum Gasteiger partial charge on any atom is -0.481 e. The molecule has 0 aliphatic carbocycles. The molecule has 7 heteroatoms. The van der Waals surface area contributed by atoms with E-state index in [9.17, 15) is 9.59 Å². The number of likely N-dealkylation sites (tertiary alicyclic amines) is 1. The van der Waals surface area contributed by atoms with E-state index in [0.29, 0.717) is 25.9 Å². The summed E-state index contributed by atoms with van der Waals surface area (Å²) in [5, 5.41) is 11.8. The summed E-state index contributed by atoms with van der Waals surface area (Å²) < 4.78 is 0.848. The van der Waals surface area contributed by atoms with Gasteiger partial charge in [-0.05, 0) is 41.0 Å². The van der Waals surface area contributed by atoms with Crippen molar-refractivity contribution in [2.45, 2.75) is 12.8 Å². The molecule has 1 aromatic carbocycles. The summed E-state index contributed by atoms with van der Waals surface area (Å²) in [4.78, 5) is 24.7. The zero-order valence-electron chi connectivity index (χ0n) is 11.4. The SMILES string of the molecule is Cl.O=C(CCN1CCC(C(=O)O)C1)Nc1ccccc1Br. The maximum atomic E-state index is 11.9. The lowest BCUT2D eigenvalue weighted by atomic mass is 10.1. The van der Waals surface area contributed by atoms with E-state index >= 15 is 0 Å².